The molecule has 2 aliphatic heterocycles. The molecule has 172 valence electrons. The second kappa shape index (κ2) is 9.41. The number of rotatable bonds is 7. The second-order valence-corrected chi connectivity index (χ2v) is 8.11. The average molecular weight is 449 g/mol. The molecule has 33 heavy (non-hydrogen) atoms. The maximum Gasteiger partial charge on any atom is 0.231 e. The molecule has 0 saturated carbocycles. The van der Waals surface area contributed by atoms with E-state index in [1.165, 1.54) is 5.56 Å². The number of benzene rings is 2. The van der Waals surface area contributed by atoms with Gasteiger partial charge < -0.3 is 30.2 Å². The Hall–Kier alpha value is -3.72. The number of methoxy groups -OCH3 is 1. The number of nitrogen functional groups attached to an aromatic ring is 1. The molecular weight excluding hydrogens is 420 g/mol. The summed E-state index contributed by atoms with van der Waals surface area (Å²) in [5, 5.41) is 3.33. The molecule has 1 saturated heterocycles. The molecule has 2 aromatic carbocycles. The Morgan fingerprint density at radius 1 is 0.970 bits per heavy atom. The Balaban J connectivity index is 1.18. The molecule has 5 rings (SSSR count). The van der Waals surface area contributed by atoms with Crippen molar-refractivity contribution in [3.8, 4) is 17.2 Å². The third-order valence-corrected chi connectivity index (χ3v) is 6.00. The monoisotopic (exact) mass is 448 g/mol. The van der Waals surface area contributed by atoms with Crippen molar-refractivity contribution >= 4 is 17.3 Å². The second-order valence-electron chi connectivity index (χ2n) is 8.11. The highest BCUT2D eigenvalue weighted by molar-refractivity contribution is 5.75. The van der Waals surface area contributed by atoms with Gasteiger partial charge >= 0.3 is 0 Å². The van der Waals surface area contributed by atoms with E-state index in [0.29, 0.717) is 24.8 Å². The van der Waals surface area contributed by atoms with Gasteiger partial charge in [0.2, 0.25) is 6.79 Å². The first-order chi connectivity index (χ1) is 16.2. The molecule has 0 bridgehead atoms. The van der Waals surface area contributed by atoms with Gasteiger partial charge in [0.05, 0.1) is 7.11 Å². The van der Waals surface area contributed by atoms with Gasteiger partial charge in [-0.25, -0.2) is 9.97 Å². The maximum atomic E-state index is 6.45. The number of fused-ring (bicyclic) bond motifs is 1. The smallest absolute Gasteiger partial charge is 0.231 e. The molecule has 1 fully saturated rings. The lowest BCUT2D eigenvalue weighted by atomic mass is 10.1. The highest BCUT2D eigenvalue weighted by atomic mass is 16.7. The molecule has 0 unspecified atom stereocenters. The van der Waals surface area contributed by atoms with Crippen LogP contribution in [0.15, 0.2) is 48.8 Å². The van der Waals surface area contributed by atoms with Crippen molar-refractivity contribution < 1.29 is 14.2 Å². The first kappa shape index (κ1) is 21.1. The summed E-state index contributed by atoms with van der Waals surface area (Å²) in [4.78, 5) is 13.5. The first-order valence-electron chi connectivity index (χ1n) is 11.0. The molecule has 3 heterocycles. The standard InChI is InChI=1S/C24H28N6O3/c1-31-19-5-2-17(3-6-19)13-26-23-22(25)24(28-15-27-23)30-10-8-29(9-11-30)14-18-4-7-20-21(12-18)33-16-32-20/h2-7,12,15H,8-11,13-14,16,25H2,1H3,(H,26,27,28). The number of nitrogens with one attached hydrogen (secondary N) is 1. The van der Waals surface area contributed by atoms with Crippen LogP contribution in [0.5, 0.6) is 17.2 Å². The minimum atomic E-state index is 0.300. The van der Waals surface area contributed by atoms with E-state index in [2.05, 4.69) is 37.2 Å². The lowest BCUT2D eigenvalue weighted by Gasteiger charge is -2.36. The van der Waals surface area contributed by atoms with Crippen molar-refractivity contribution in [2.45, 2.75) is 13.1 Å². The lowest BCUT2D eigenvalue weighted by Crippen LogP contribution is -2.46. The molecule has 3 aromatic rings. The van der Waals surface area contributed by atoms with E-state index in [0.717, 1.165) is 61.4 Å². The summed E-state index contributed by atoms with van der Waals surface area (Å²) in [7, 11) is 1.66. The fourth-order valence-corrected chi connectivity index (χ4v) is 4.12. The zero-order valence-electron chi connectivity index (χ0n) is 18.7. The summed E-state index contributed by atoms with van der Waals surface area (Å²) in [6.45, 7) is 5.34. The van der Waals surface area contributed by atoms with E-state index >= 15 is 0 Å². The fraction of sp³-hybridized carbons (Fsp3) is 0.333. The van der Waals surface area contributed by atoms with E-state index in [1.807, 2.05) is 30.3 Å². The van der Waals surface area contributed by atoms with Crippen molar-refractivity contribution in [1.29, 1.82) is 0 Å². The van der Waals surface area contributed by atoms with E-state index in [-0.39, 0.29) is 0 Å². The molecule has 0 atom stereocenters. The Kier molecular flexibility index (Phi) is 6.03. The van der Waals surface area contributed by atoms with Gasteiger partial charge in [0.25, 0.3) is 0 Å². The zero-order valence-corrected chi connectivity index (χ0v) is 18.7. The van der Waals surface area contributed by atoms with Crippen molar-refractivity contribution in [3.05, 3.63) is 59.9 Å². The highest BCUT2D eigenvalue weighted by Crippen LogP contribution is 2.33. The molecule has 0 spiro atoms. The largest absolute Gasteiger partial charge is 0.497 e. The zero-order chi connectivity index (χ0) is 22.6. The Morgan fingerprint density at radius 2 is 1.73 bits per heavy atom. The molecular formula is C24H28N6O3. The number of nitrogens with two attached hydrogens (primary N) is 1. The van der Waals surface area contributed by atoms with Gasteiger partial charge in [-0.05, 0) is 35.4 Å². The van der Waals surface area contributed by atoms with Gasteiger partial charge in [0.1, 0.15) is 17.8 Å². The number of nitrogens with zero attached hydrogens (tertiary/aromatic N) is 4. The summed E-state index contributed by atoms with van der Waals surface area (Å²) >= 11 is 0. The number of ether oxygens (including phenoxy) is 3. The van der Waals surface area contributed by atoms with Crippen LogP contribution < -0.4 is 30.2 Å². The molecule has 9 nitrogen and oxygen atoms in total. The summed E-state index contributed by atoms with van der Waals surface area (Å²) in [5.41, 5.74) is 9.36. The maximum absolute atomic E-state index is 6.45. The predicted molar refractivity (Wildman–Crippen MR) is 127 cm³/mol. The normalized spacial score (nSPS) is 15.5. The average Bonchev–Trinajstić information content (AvgIpc) is 3.32. The summed E-state index contributed by atoms with van der Waals surface area (Å²) in [6.07, 6.45) is 1.57. The van der Waals surface area contributed by atoms with Crippen LogP contribution in [0.4, 0.5) is 17.3 Å². The SMILES string of the molecule is COc1ccc(CNc2ncnc(N3CCN(Cc4ccc5c(c4)OCO5)CC3)c2N)cc1. The molecule has 0 amide bonds. The highest BCUT2D eigenvalue weighted by Gasteiger charge is 2.22. The summed E-state index contributed by atoms with van der Waals surface area (Å²) in [6, 6.07) is 14.1. The Bertz CT molecular complexity index is 1100. The molecule has 0 radical (unpaired) electrons. The van der Waals surface area contributed by atoms with Gasteiger partial charge in [-0.3, -0.25) is 4.90 Å². The predicted octanol–water partition coefficient (Wildman–Crippen LogP) is 2.73. The number of hydrogen-bond acceptors (Lipinski definition) is 9. The van der Waals surface area contributed by atoms with E-state index in [4.69, 9.17) is 19.9 Å². The topological polar surface area (TPSA) is 98.0 Å². The van der Waals surface area contributed by atoms with E-state index in [9.17, 15) is 0 Å². The van der Waals surface area contributed by atoms with Crippen LogP contribution >= 0.6 is 0 Å². The van der Waals surface area contributed by atoms with E-state index < -0.39 is 0 Å². The molecule has 3 N–H and O–H groups in total. The number of hydrogen-bond donors (Lipinski definition) is 2. The number of piperazine rings is 1. The van der Waals surface area contributed by atoms with Crippen molar-refractivity contribution in [3.63, 3.8) is 0 Å². The Labute approximate surface area is 193 Å². The molecule has 1 aromatic heterocycles. The van der Waals surface area contributed by atoms with E-state index in [1.54, 1.807) is 13.4 Å². The van der Waals surface area contributed by atoms with Crippen molar-refractivity contribution in [2.75, 3.05) is 56.0 Å². The molecule has 2 aliphatic rings. The van der Waals surface area contributed by atoms with Crippen LogP contribution in [0.3, 0.4) is 0 Å². The lowest BCUT2D eigenvalue weighted by molar-refractivity contribution is 0.174. The van der Waals surface area contributed by atoms with Crippen LogP contribution in [0, 0.1) is 0 Å². The molecule has 0 aliphatic carbocycles. The van der Waals surface area contributed by atoms with Crippen LogP contribution in [0.1, 0.15) is 11.1 Å². The minimum absolute atomic E-state index is 0.300. The number of aromatic nitrogens is 2. The van der Waals surface area contributed by atoms with Crippen LogP contribution in [-0.2, 0) is 13.1 Å². The quantitative estimate of drug-likeness (QED) is 0.565. The minimum Gasteiger partial charge on any atom is -0.497 e. The Morgan fingerprint density at radius 3 is 2.52 bits per heavy atom. The third kappa shape index (κ3) is 4.73. The van der Waals surface area contributed by atoms with Gasteiger partial charge in [-0.2, -0.15) is 0 Å². The van der Waals surface area contributed by atoms with Gasteiger partial charge in [-0.1, -0.05) is 18.2 Å². The van der Waals surface area contributed by atoms with Crippen LogP contribution in [0.25, 0.3) is 0 Å². The van der Waals surface area contributed by atoms with Gasteiger partial charge in [0, 0.05) is 39.3 Å². The summed E-state index contributed by atoms with van der Waals surface area (Å²) < 4.78 is 16.1. The first-order valence-corrected chi connectivity index (χ1v) is 11.0. The summed E-state index contributed by atoms with van der Waals surface area (Å²) in [5.74, 6) is 3.91. The third-order valence-electron chi connectivity index (χ3n) is 6.00. The van der Waals surface area contributed by atoms with Gasteiger partial charge in [0.15, 0.2) is 23.1 Å². The van der Waals surface area contributed by atoms with Crippen LogP contribution in [0.2, 0.25) is 0 Å². The number of anilines is 3. The van der Waals surface area contributed by atoms with Crippen molar-refractivity contribution in [1.82, 2.24) is 14.9 Å². The fourth-order valence-electron chi connectivity index (χ4n) is 4.12. The van der Waals surface area contributed by atoms with Crippen molar-refractivity contribution in [2.24, 2.45) is 0 Å². The molecule has 9 heteroatoms. The van der Waals surface area contributed by atoms with Crippen LogP contribution in [-0.4, -0.2) is 54.9 Å². The van der Waals surface area contributed by atoms with Gasteiger partial charge in [-0.15, -0.1) is 0 Å².